The minimum Gasteiger partial charge on any atom is -0.320 e. The maximum absolute atomic E-state index is 6.00. The maximum Gasteiger partial charge on any atom is 0.197 e. The van der Waals surface area contributed by atoms with E-state index in [0.29, 0.717) is 5.29 Å². The van der Waals surface area contributed by atoms with E-state index in [0.717, 1.165) is 16.3 Å². The molecule has 1 aromatic carbocycles. The van der Waals surface area contributed by atoms with Gasteiger partial charge in [0.05, 0.1) is 0 Å². The van der Waals surface area contributed by atoms with Gasteiger partial charge < -0.3 is 4.90 Å². The summed E-state index contributed by atoms with van der Waals surface area (Å²) in [5.74, 6) is 0. The molecule has 4 heteroatoms. The van der Waals surface area contributed by atoms with Crippen LogP contribution in [0.2, 0.25) is 5.02 Å². The molecule has 0 aliphatic rings. The van der Waals surface area contributed by atoms with Crippen LogP contribution in [0.4, 0.5) is 5.69 Å². The van der Waals surface area contributed by atoms with E-state index in [4.69, 9.17) is 23.2 Å². The molecule has 0 bridgehead atoms. The van der Waals surface area contributed by atoms with Crippen molar-refractivity contribution in [1.82, 2.24) is 0 Å². The number of anilines is 1. The summed E-state index contributed by atoms with van der Waals surface area (Å²) in [6.45, 7) is 1.96. The Balaban J connectivity index is 3.03. The Hall–Kier alpha value is -0.730. The highest BCUT2D eigenvalue weighted by Crippen LogP contribution is 2.22. The summed E-state index contributed by atoms with van der Waals surface area (Å²) >= 11 is 11.9. The lowest BCUT2D eigenvalue weighted by Gasteiger charge is -2.17. The number of benzene rings is 1. The Labute approximate surface area is 94.2 Å². The smallest absolute Gasteiger partial charge is 0.197 e. The average molecular weight is 231 g/mol. The fourth-order valence-electron chi connectivity index (χ4n) is 1.05. The van der Waals surface area contributed by atoms with Crippen LogP contribution in [0, 0.1) is 6.92 Å². The normalized spacial score (nSPS) is 11.6. The molecule has 0 aliphatic carbocycles. The molecule has 2 nitrogen and oxygen atoms in total. The summed E-state index contributed by atoms with van der Waals surface area (Å²) in [5, 5.41) is 1.17. The third kappa shape index (κ3) is 2.40. The second kappa shape index (κ2) is 4.67. The maximum atomic E-state index is 6.00. The molecule has 0 N–H and O–H groups in total. The minimum absolute atomic E-state index is 0.435. The topological polar surface area (TPSA) is 15.6 Å². The number of hydrogen-bond donors (Lipinski definition) is 0. The van der Waals surface area contributed by atoms with Gasteiger partial charge in [-0.1, -0.05) is 17.7 Å². The lowest BCUT2D eigenvalue weighted by molar-refractivity contribution is 1.25. The van der Waals surface area contributed by atoms with Crippen LogP contribution < -0.4 is 4.90 Å². The number of halogens is 2. The monoisotopic (exact) mass is 230 g/mol. The Bertz CT molecular complexity index is 361. The molecule has 0 atom stereocenters. The van der Waals surface area contributed by atoms with Crippen molar-refractivity contribution in [3.05, 3.63) is 28.8 Å². The average Bonchev–Trinajstić information content (AvgIpc) is 2.20. The molecule has 0 unspecified atom stereocenters. The van der Waals surface area contributed by atoms with Crippen LogP contribution in [0.15, 0.2) is 23.2 Å². The quantitative estimate of drug-likeness (QED) is 0.411. The third-order valence-corrected chi connectivity index (χ3v) is 2.83. The van der Waals surface area contributed by atoms with Crippen molar-refractivity contribution in [3.63, 3.8) is 0 Å². The Kier molecular flexibility index (Phi) is 3.78. The zero-order chi connectivity index (χ0) is 10.7. The van der Waals surface area contributed by atoms with Gasteiger partial charge in [-0.05, 0) is 36.2 Å². The van der Waals surface area contributed by atoms with E-state index in [1.165, 1.54) is 0 Å². The number of hydrogen-bond acceptors (Lipinski definition) is 1. The molecule has 0 aliphatic heterocycles. The minimum atomic E-state index is 0.435. The molecule has 76 valence electrons. The van der Waals surface area contributed by atoms with Crippen LogP contribution in [0.25, 0.3) is 0 Å². The van der Waals surface area contributed by atoms with E-state index in [1.54, 1.807) is 11.9 Å². The molecular formula is C10H12Cl2N2. The zero-order valence-electron chi connectivity index (χ0n) is 8.38. The van der Waals surface area contributed by atoms with Crippen molar-refractivity contribution < 1.29 is 0 Å². The van der Waals surface area contributed by atoms with Crippen molar-refractivity contribution in [2.24, 2.45) is 4.99 Å². The van der Waals surface area contributed by atoms with Crippen LogP contribution >= 0.6 is 23.2 Å². The van der Waals surface area contributed by atoms with Gasteiger partial charge in [-0.3, -0.25) is 4.99 Å². The summed E-state index contributed by atoms with van der Waals surface area (Å²) in [4.78, 5) is 5.65. The molecule has 0 fully saturated rings. The molecule has 0 saturated carbocycles. The molecular weight excluding hydrogens is 219 g/mol. The van der Waals surface area contributed by atoms with Crippen molar-refractivity contribution >= 4 is 34.2 Å². The zero-order valence-corrected chi connectivity index (χ0v) is 9.89. The van der Waals surface area contributed by atoms with Gasteiger partial charge in [-0.2, -0.15) is 0 Å². The molecule has 0 radical (unpaired) electrons. The molecule has 0 amide bonds. The summed E-state index contributed by atoms with van der Waals surface area (Å²) in [6, 6.07) is 5.77. The second-order valence-electron chi connectivity index (χ2n) is 2.99. The van der Waals surface area contributed by atoms with E-state index in [2.05, 4.69) is 4.99 Å². The number of nitrogens with zero attached hydrogens (tertiary/aromatic N) is 2. The van der Waals surface area contributed by atoms with Gasteiger partial charge in [0.1, 0.15) is 0 Å². The summed E-state index contributed by atoms with van der Waals surface area (Å²) < 4.78 is 0. The van der Waals surface area contributed by atoms with Crippen molar-refractivity contribution in [1.29, 1.82) is 0 Å². The lowest BCUT2D eigenvalue weighted by atomic mass is 10.2. The van der Waals surface area contributed by atoms with Crippen LogP contribution in [0.1, 0.15) is 5.56 Å². The highest BCUT2D eigenvalue weighted by atomic mass is 35.5. The second-order valence-corrected chi connectivity index (χ2v) is 3.73. The van der Waals surface area contributed by atoms with Crippen LogP contribution in [-0.2, 0) is 0 Å². The summed E-state index contributed by atoms with van der Waals surface area (Å²) in [6.07, 6.45) is 0. The van der Waals surface area contributed by atoms with Gasteiger partial charge in [0.25, 0.3) is 0 Å². The van der Waals surface area contributed by atoms with E-state index < -0.39 is 0 Å². The molecule has 14 heavy (non-hydrogen) atoms. The molecule has 1 rings (SSSR count). The fourth-order valence-corrected chi connectivity index (χ4v) is 1.32. The number of rotatable bonds is 1. The van der Waals surface area contributed by atoms with Gasteiger partial charge in [-0.25, -0.2) is 0 Å². The Morgan fingerprint density at radius 1 is 1.43 bits per heavy atom. The first-order valence-corrected chi connectivity index (χ1v) is 4.94. The van der Waals surface area contributed by atoms with Crippen molar-refractivity contribution in [3.8, 4) is 0 Å². The van der Waals surface area contributed by atoms with E-state index in [-0.39, 0.29) is 0 Å². The molecule has 0 aromatic heterocycles. The molecule has 0 saturated heterocycles. The highest BCUT2D eigenvalue weighted by molar-refractivity contribution is 6.67. The first-order valence-electron chi connectivity index (χ1n) is 4.18. The third-order valence-electron chi connectivity index (χ3n) is 2.00. The van der Waals surface area contributed by atoms with Crippen LogP contribution in [0.5, 0.6) is 0 Å². The van der Waals surface area contributed by atoms with Crippen LogP contribution in [-0.4, -0.2) is 19.4 Å². The van der Waals surface area contributed by atoms with Crippen molar-refractivity contribution in [2.45, 2.75) is 6.92 Å². The van der Waals surface area contributed by atoms with Gasteiger partial charge in [0.2, 0.25) is 0 Å². The fraction of sp³-hybridized carbons (Fsp3) is 0.300. The summed E-state index contributed by atoms with van der Waals surface area (Å²) in [5.41, 5.74) is 1.98. The van der Waals surface area contributed by atoms with Gasteiger partial charge in [-0.15, -0.1) is 0 Å². The Morgan fingerprint density at radius 2 is 2.07 bits per heavy atom. The SMILES string of the molecule is CN=C(Cl)N(C)c1ccc(C)c(Cl)c1. The highest BCUT2D eigenvalue weighted by Gasteiger charge is 2.06. The van der Waals surface area contributed by atoms with E-state index in [1.807, 2.05) is 32.2 Å². The largest absolute Gasteiger partial charge is 0.320 e. The Morgan fingerprint density at radius 3 is 2.57 bits per heavy atom. The first kappa shape index (κ1) is 11.3. The molecule has 0 heterocycles. The molecule has 1 aromatic rings. The van der Waals surface area contributed by atoms with Gasteiger partial charge in [0, 0.05) is 24.8 Å². The molecule has 0 spiro atoms. The van der Waals surface area contributed by atoms with Crippen LogP contribution in [0.3, 0.4) is 0 Å². The van der Waals surface area contributed by atoms with Gasteiger partial charge in [0.15, 0.2) is 5.29 Å². The van der Waals surface area contributed by atoms with Crippen molar-refractivity contribution in [2.75, 3.05) is 19.0 Å². The number of amidine groups is 1. The number of aliphatic imine (C=N–C) groups is 1. The van der Waals surface area contributed by atoms with E-state index in [9.17, 15) is 0 Å². The predicted molar refractivity (Wildman–Crippen MR) is 63.8 cm³/mol. The number of aryl methyl sites for hydroxylation is 1. The lowest BCUT2D eigenvalue weighted by Crippen LogP contribution is -2.21. The summed E-state index contributed by atoms with van der Waals surface area (Å²) in [7, 11) is 3.49. The standard InChI is InChI=1S/C10H12Cl2N2/c1-7-4-5-8(6-9(7)11)14(3)10(12)13-2/h4-6H,1-3H3. The van der Waals surface area contributed by atoms with Gasteiger partial charge >= 0.3 is 0 Å². The van der Waals surface area contributed by atoms with E-state index >= 15 is 0 Å². The predicted octanol–water partition coefficient (Wildman–Crippen LogP) is 3.31. The first-order chi connectivity index (χ1) is 6.56.